The highest BCUT2D eigenvalue weighted by Crippen LogP contribution is 2.44. The average Bonchev–Trinajstić information content (AvgIpc) is 3.88. The predicted octanol–water partition coefficient (Wildman–Crippen LogP) is 5.60. The number of aromatic nitrogens is 4. The summed E-state index contributed by atoms with van der Waals surface area (Å²) >= 11 is 7.02. The lowest BCUT2D eigenvalue weighted by Crippen LogP contribution is -2.50. The fourth-order valence-electron chi connectivity index (χ4n) is 9.93. The number of hydrogen-bond acceptors (Lipinski definition) is 10. The second kappa shape index (κ2) is 14.2. The van der Waals surface area contributed by atoms with Gasteiger partial charge in [0.1, 0.15) is 18.6 Å². The van der Waals surface area contributed by atoms with Crippen molar-refractivity contribution in [1.29, 1.82) is 0 Å². The second-order valence-electron chi connectivity index (χ2n) is 16.3. The van der Waals surface area contributed by atoms with Crippen LogP contribution in [0.3, 0.4) is 0 Å². The number of hydrogen-bond donors (Lipinski definition) is 2. The van der Waals surface area contributed by atoms with Crippen LogP contribution in [-0.2, 0) is 37.0 Å². The van der Waals surface area contributed by atoms with Gasteiger partial charge in [-0.1, -0.05) is 18.0 Å². The molecule has 3 aromatic rings. The molecule has 18 heteroatoms. The summed E-state index contributed by atoms with van der Waals surface area (Å²) < 4.78 is 86.7. The monoisotopic (exact) mass is 805 g/mol. The molecule has 2 aromatic heterocycles. The summed E-state index contributed by atoms with van der Waals surface area (Å²) in [5.41, 5.74) is 4.56. The Morgan fingerprint density at radius 3 is 2.75 bits per heavy atom. The molecule has 6 aliphatic heterocycles. The highest BCUT2D eigenvalue weighted by molar-refractivity contribution is 6.34. The number of nitrogens with one attached hydrogen (secondary N) is 1. The fourth-order valence-corrected chi connectivity index (χ4v) is 10.2. The van der Waals surface area contributed by atoms with Crippen LogP contribution < -0.4 is 20.7 Å². The van der Waals surface area contributed by atoms with Gasteiger partial charge in [-0.15, -0.1) is 0 Å². The normalized spacial score (nSPS) is 28.0. The van der Waals surface area contributed by atoms with E-state index in [1.165, 1.54) is 0 Å². The Kier molecular flexibility index (Phi) is 9.60. The number of nitrogens with two attached hydrogens (primary N) is 1. The molecule has 1 spiro atoms. The van der Waals surface area contributed by atoms with Gasteiger partial charge >= 0.3 is 12.2 Å². The largest absolute Gasteiger partial charge is 0.461 e. The molecule has 8 heterocycles. The molecule has 302 valence electrons. The molecule has 6 aliphatic rings. The van der Waals surface area contributed by atoms with Crippen molar-refractivity contribution in [3.8, 4) is 6.01 Å². The van der Waals surface area contributed by atoms with Gasteiger partial charge in [-0.3, -0.25) is 14.4 Å². The van der Waals surface area contributed by atoms with Gasteiger partial charge in [-0.2, -0.15) is 28.2 Å². The van der Waals surface area contributed by atoms with E-state index in [0.717, 1.165) is 63.7 Å². The summed E-state index contributed by atoms with van der Waals surface area (Å²) in [4.78, 5) is 29.3. The third kappa shape index (κ3) is 6.65. The maximum atomic E-state index is 15.5. The quantitative estimate of drug-likeness (QED) is 0.240. The van der Waals surface area contributed by atoms with Crippen LogP contribution in [0.15, 0.2) is 12.1 Å². The number of amides is 1. The lowest BCUT2D eigenvalue weighted by Gasteiger charge is -2.34. The van der Waals surface area contributed by atoms with E-state index in [9.17, 15) is 22.4 Å². The number of ether oxygens (including phenoxy) is 2. The van der Waals surface area contributed by atoms with Crippen molar-refractivity contribution in [3.63, 3.8) is 0 Å². The number of nitrogen functional groups attached to an aromatic ring is 1. The van der Waals surface area contributed by atoms with Crippen molar-refractivity contribution in [3.05, 3.63) is 56.7 Å². The van der Waals surface area contributed by atoms with Crippen molar-refractivity contribution in [2.75, 3.05) is 56.5 Å². The highest BCUT2D eigenvalue weighted by Gasteiger charge is 2.50. The van der Waals surface area contributed by atoms with Crippen molar-refractivity contribution in [2.45, 2.75) is 107 Å². The zero-order chi connectivity index (χ0) is 39.0. The lowest BCUT2D eigenvalue weighted by atomic mass is 9.88. The summed E-state index contributed by atoms with van der Waals surface area (Å²) in [5.74, 6) is -0.983. The molecule has 0 aliphatic carbocycles. The van der Waals surface area contributed by atoms with Crippen molar-refractivity contribution >= 4 is 29.0 Å². The average molecular weight is 806 g/mol. The zero-order valence-corrected chi connectivity index (χ0v) is 31.7. The van der Waals surface area contributed by atoms with E-state index >= 15 is 4.39 Å². The summed E-state index contributed by atoms with van der Waals surface area (Å²) in [6.07, 6.45) is -0.692. The molecule has 0 radical (unpaired) electrons. The zero-order valence-electron chi connectivity index (χ0n) is 30.9. The molecule has 56 heavy (non-hydrogen) atoms. The number of anilines is 2. The third-order valence-electron chi connectivity index (χ3n) is 12.8. The van der Waals surface area contributed by atoms with Gasteiger partial charge in [-0.05, 0) is 63.7 Å². The van der Waals surface area contributed by atoms with Crippen molar-refractivity contribution in [2.24, 2.45) is 0 Å². The highest BCUT2D eigenvalue weighted by atomic mass is 35.5. The van der Waals surface area contributed by atoms with E-state index in [1.807, 2.05) is 9.80 Å². The predicted molar refractivity (Wildman–Crippen MR) is 196 cm³/mol. The standard InChI is InChI=1S/C38H45ClF5N9O3/c39-30-27-18-50(11-4-13-53(27)49-32(30)34(54)51-14-9-36(20-51)7-1-2-10-46-36)33-23-19-55-28(29-24(38(42,43)44)5-6-25(45)31(29)41)15-26(23)47-35(48-33)56-21-37-8-3-12-52(37)17-22(40)16-37/h5-6,22,28,46H,1-4,7-21,45H2/t22-,28+,36?,37+/m1/s1. The topological polar surface area (TPSA) is 127 Å². The first kappa shape index (κ1) is 37.8. The number of nitrogens with zero attached hydrogens (tertiary/aromatic N) is 7. The van der Waals surface area contributed by atoms with E-state index in [4.69, 9.17) is 36.9 Å². The summed E-state index contributed by atoms with van der Waals surface area (Å²) in [7, 11) is 0. The Morgan fingerprint density at radius 2 is 1.95 bits per heavy atom. The van der Waals surface area contributed by atoms with Gasteiger partial charge in [0, 0.05) is 62.2 Å². The van der Waals surface area contributed by atoms with Crippen LogP contribution >= 0.6 is 11.6 Å². The number of piperidine rings is 1. The number of alkyl halides is 4. The molecular formula is C38H45ClF5N9O3. The molecular weight excluding hydrogens is 761 g/mol. The van der Waals surface area contributed by atoms with Gasteiger partial charge in [0.25, 0.3) is 5.91 Å². The first-order valence-corrected chi connectivity index (χ1v) is 19.9. The van der Waals surface area contributed by atoms with Crippen LogP contribution in [0.25, 0.3) is 0 Å². The molecule has 9 rings (SSSR count). The van der Waals surface area contributed by atoms with Gasteiger partial charge < -0.3 is 30.3 Å². The minimum absolute atomic E-state index is 0.0222. The maximum Gasteiger partial charge on any atom is 0.416 e. The number of rotatable bonds is 6. The van der Waals surface area contributed by atoms with Gasteiger partial charge in [0.15, 0.2) is 11.5 Å². The Bertz CT molecular complexity index is 2030. The van der Waals surface area contributed by atoms with Crippen molar-refractivity contribution in [1.82, 2.24) is 34.9 Å². The molecule has 0 saturated carbocycles. The number of benzene rings is 1. The second-order valence-corrected chi connectivity index (χ2v) is 16.7. The van der Waals surface area contributed by atoms with Crippen LogP contribution in [0, 0.1) is 5.82 Å². The van der Waals surface area contributed by atoms with Crippen LogP contribution in [0.5, 0.6) is 6.01 Å². The van der Waals surface area contributed by atoms with Crippen LogP contribution in [0.1, 0.15) is 96.0 Å². The molecule has 3 N–H and O–H groups in total. The minimum Gasteiger partial charge on any atom is -0.461 e. The number of carbonyl (C=O) groups is 1. The lowest BCUT2D eigenvalue weighted by molar-refractivity contribution is -0.140. The summed E-state index contributed by atoms with van der Waals surface area (Å²) in [6, 6.07) is 1.63. The first-order valence-electron chi connectivity index (χ1n) is 19.6. The van der Waals surface area contributed by atoms with Gasteiger partial charge in [-0.25, -0.2) is 8.78 Å². The summed E-state index contributed by atoms with van der Waals surface area (Å²) in [6.45, 7) is 4.32. The Hall–Kier alpha value is -3.80. The Balaban J connectivity index is 1.04. The number of likely N-dealkylation sites (tertiary alicyclic amines) is 1. The van der Waals surface area contributed by atoms with Crippen molar-refractivity contribution < 1.29 is 36.2 Å². The summed E-state index contributed by atoms with van der Waals surface area (Å²) in [5, 5.41) is 8.60. The number of carbonyl (C=O) groups excluding carboxylic acids is 1. The molecule has 12 nitrogen and oxygen atoms in total. The first-order chi connectivity index (χ1) is 26.8. The Morgan fingerprint density at radius 1 is 1.09 bits per heavy atom. The van der Waals surface area contributed by atoms with Crippen LogP contribution in [-0.4, -0.2) is 98.6 Å². The van der Waals surface area contributed by atoms with E-state index in [2.05, 4.69) is 15.2 Å². The van der Waals surface area contributed by atoms with E-state index < -0.39 is 46.6 Å². The number of aryl methyl sites for hydroxylation is 1. The SMILES string of the molecule is Nc1ccc(C(F)(F)F)c([C@@H]2Cc3nc(OC[C@@]45CCCN4C[C@H](F)C5)nc(N4CCCn5nc(C(=O)N6CCC7(CCCCN7)C6)c(Cl)c5C4)c3CO2)c1F. The molecule has 4 atom stereocenters. The third-order valence-corrected chi connectivity index (χ3v) is 13.2. The maximum absolute atomic E-state index is 15.5. The number of halogens is 6. The van der Waals surface area contributed by atoms with Gasteiger partial charge in [0.2, 0.25) is 0 Å². The van der Waals surface area contributed by atoms with E-state index in [-0.39, 0.29) is 54.4 Å². The molecule has 1 aromatic carbocycles. The van der Waals surface area contributed by atoms with Crippen LogP contribution in [0.2, 0.25) is 5.02 Å². The smallest absolute Gasteiger partial charge is 0.416 e. The Labute approximate surface area is 325 Å². The molecule has 4 saturated heterocycles. The molecule has 1 unspecified atom stereocenters. The minimum atomic E-state index is -4.86. The van der Waals surface area contributed by atoms with Crippen LogP contribution in [0.4, 0.5) is 33.5 Å². The van der Waals surface area contributed by atoms with E-state index in [1.54, 1.807) is 4.68 Å². The fraction of sp³-hybridized carbons (Fsp3) is 0.632. The number of fused-ring (bicyclic) bond motifs is 3. The molecule has 1 amide bonds. The van der Waals surface area contributed by atoms with Gasteiger partial charge in [0.05, 0.1) is 52.5 Å². The molecule has 0 bridgehead atoms. The molecule has 4 fully saturated rings. The van der Waals surface area contributed by atoms with E-state index in [0.29, 0.717) is 68.3 Å².